The van der Waals surface area contributed by atoms with Gasteiger partial charge in [0.25, 0.3) is 0 Å². The van der Waals surface area contributed by atoms with Crippen LogP contribution in [-0.2, 0) is 11.3 Å². The SMILES string of the molecule is CCn1c(=O)oc2cc(C(=O)CCC(=O)O)ccc21. The Morgan fingerprint density at radius 1 is 1.32 bits per heavy atom. The molecule has 1 aromatic heterocycles. The molecular formula is C13H13NO5. The van der Waals surface area contributed by atoms with Gasteiger partial charge in [-0.25, -0.2) is 4.79 Å². The molecule has 0 fully saturated rings. The van der Waals surface area contributed by atoms with Gasteiger partial charge in [0.15, 0.2) is 11.4 Å². The zero-order valence-electron chi connectivity index (χ0n) is 10.4. The Labute approximate surface area is 108 Å². The highest BCUT2D eigenvalue weighted by atomic mass is 16.4. The minimum atomic E-state index is -1.02. The van der Waals surface area contributed by atoms with Crippen LogP contribution in [0.3, 0.4) is 0 Å². The maximum Gasteiger partial charge on any atom is 0.419 e. The zero-order chi connectivity index (χ0) is 14.0. The highest BCUT2D eigenvalue weighted by Crippen LogP contribution is 2.16. The quantitative estimate of drug-likeness (QED) is 0.828. The summed E-state index contributed by atoms with van der Waals surface area (Å²) >= 11 is 0. The van der Waals surface area contributed by atoms with Crippen molar-refractivity contribution in [2.45, 2.75) is 26.3 Å². The Balaban J connectivity index is 2.34. The van der Waals surface area contributed by atoms with E-state index in [0.717, 1.165) is 0 Å². The van der Waals surface area contributed by atoms with Crippen molar-refractivity contribution in [1.29, 1.82) is 0 Å². The van der Waals surface area contributed by atoms with E-state index in [1.54, 1.807) is 12.1 Å². The lowest BCUT2D eigenvalue weighted by Gasteiger charge is -2.00. The highest BCUT2D eigenvalue weighted by molar-refractivity contribution is 5.99. The number of ketones is 1. The van der Waals surface area contributed by atoms with E-state index in [1.165, 1.54) is 10.6 Å². The van der Waals surface area contributed by atoms with Crippen LogP contribution in [0.15, 0.2) is 27.4 Å². The summed E-state index contributed by atoms with van der Waals surface area (Å²) in [6.45, 7) is 2.31. The van der Waals surface area contributed by atoms with Gasteiger partial charge in [-0.05, 0) is 25.1 Å². The van der Waals surface area contributed by atoms with E-state index in [-0.39, 0.29) is 18.6 Å². The van der Waals surface area contributed by atoms with Crippen molar-refractivity contribution in [3.63, 3.8) is 0 Å². The second-order valence-corrected chi connectivity index (χ2v) is 4.11. The Hall–Kier alpha value is -2.37. The summed E-state index contributed by atoms with van der Waals surface area (Å²) < 4.78 is 6.50. The van der Waals surface area contributed by atoms with Crippen molar-refractivity contribution in [2.75, 3.05) is 0 Å². The first kappa shape index (κ1) is 13.1. The van der Waals surface area contributed by atoms with E-state index in [9.17, 15) is 14.4 Å². The zero-order valence-corrected chi connectivity index (χ0v) is 10.4. The van der Waals surface area contributed by atoms with Gasteiger partial charge in [0, 0.05) is 18.5 Å². The lowest BCUT2D eigenvalue weighted by molar-refractivity contribution is -0.136. The minimum Gasteiger partial charge on any atom is -0.481 e. The number of Topliss-reactive ketones (excluding diaryl/α,β-unsaturated/α-hetero) is 1. The molecule has 0 amide bonds. The number of aromatic nitrogens is 1. The summed E-state index contributed by atoms with van der Waals surface area (Å²) in [4.78, 5) is 33.7. The fourth-order valence-corrected chi connectivity index (χ4v) is 1.90. The molecule has 0 radical (unpaired) electrons. The number of hydrogen-bond donors (Lipinski definition) is 1. The molecule has 0 aliphatic heterocycles. The van der Waals surface area contributed by atoms with Crippen molar-refractivity contribution in [3.05, 3.63) is 34.3 Å². The number of hydrogen-bond acceptors (Lipinski definition) is 4. The van der Waals surface area contributed by atoms with Crippen molar-refractivity contribution in [3.8, 4) is 0 Å². The van der Waals surface area contributed by atoms with E-state index < -0.39 is 11.7 Å². The smallest absolute Gasteiger partial charge is 0.419 e. The van der Waals surface area contributed by atoms with Crippen LogP contribution >= 0.6 is 0 Å². The fraction of sp³-hybridized carbons (Fsp3) is 0.308. The number of nitrogens with zero attached hydrogens (tertiary/aromatic N) is 1. The van der Waals surface area contributed by atoms with E-state index in [4.69, 9.17) is 9.52 Å². The Morgan fingerprint density at radius 2 is 2.05 bits per heavy atom. The molecule has 1 N–H and O–H groups in total. The summed E-state index contributed by atoms with van der Waals surface area (Å²) in [5.41, 5.74) is 1.32. The number of fused-ring (bicyclic) bond motifs is 1. The number of oxazole rings is 1. The van der Waals surface area contributed by atoms with Crippen LogP contribution in [0.2, 0.25) is 0 Å². The van der Waals surface area contributed by atoms with E-state index >= 15 is 0 Å². The van der Waals surface area contributed by atoms with E-state index in [2.05, 4.69) is 0 Å². The number of carbonyl (C=O) groups excluding carboxylic acids is 1. The van der Waals surface area contributed by atoms with Gasteiger partial charge < -0.3 is 9.52 Å². The summed E-state index contributed by atoms with van der Waals surface area (Å²) in [6, 6.07) is 4.69. The van der Waals surface area contributed by atoms with Crippen LogP contribution in [0.1, 0.15) is 30.1 Å². The van der Waals surface area contributed by atoms with Crippen LogP contribution in [0.5, 0.6) is 0 Å². The Kier molecular flexibility index (Phi) is 3.50. The molecule has 2 rings (SSSR count). The van der Waals surface area contributed by atoms with Crippen molar-refractivity contribution in [1.82, 2.24) is 4.57 Å². The maximum atomic E-state index is 11.8. The number of carboxylic acid groups (broad SMARTS) is 1. The third-order valence-electron chi connectivity index (χ3n) is 2.87. The Bertz CT molecular complexity index is 695. The van der Waals surface area contributed by atoms with E-state index in [1.807, 2.05) is 6.92 Å². The predicted octanol–water partition coefficient (Wildman–Crippen LogP) is 1.66. The number of benzene rings is 1. The average Bonchev–Trinajstić information content (AvgIpc) is 2.69. The van der Waals surface area contributed by atoms with Crippen LogP contribution in [-0.4, -0.2) is 21.4 Å². The van der Waals surface area contributed by atoms with Gasteiger partial charge in [-0.15, -0.1) is 0 Å². The van der Waals surface area contributed by atoms with Crippen LogP contribution in [0.4, 0.5) is 0 Å². The van der Waals surface area contributed by atoms with Gasteiger partial charge in [0.1, 0.15) is 0 Å². The van der Waals surface area contributed by atoms with Crippen LogP contribution in [0, 0.1) is 0 Å². The molecule has 0 bridgehead atoms. The van der Waals surface area contributed by atoms with E-state index in [0.29, 0.717) is 23.2 Å². The molecular weight excluding hydrogens is 250 g/mol. The third-order valence-corrected chi connectivity index (χ3v) is 2.87. The molecule has 1 heterocycles. The first-order chi connectivity index (χ1) is 9.02. The van der Waals surface area contributed by atoms with Gasteiger partial charge in [-0.1, -0.05) is 0 Å². The van der Waals surface area contributed by atoms with Crippen molar-refractivity contribution < 1.29 is 19.1 Å². The van der Waals surface area contributed by atoms with Gasteiger partial charge in [-0.2, -0.15) is 0 Å². The van der Waals surface area contributed by atoms with Crippen LogP contribution < -0.4 is 5.76 Å². The number of carbonyl (C=O) groups is 2. The lowest BCUT2D eigenvalue weighted by atomic mass is 10.1. The number of carboxylic acids is 1. The summed E-state index contributed by atoms with van der Waals surface area (Å²) in [5.74, 6) is -1.76. The molecule has 0 unspecified atom stereocenters. The molecule has 2 aromatic rings. The number of aliphatic carboxylic acids is 1. The van der Waals surface area contributed by atoms with Crippen molar-refractivity contribution >= 4 is 22.9 Å². The highest BCUT2D eigenvalue weighted by Gasteiger charge is 2.13. The first-order valence-corrected chi connectivity index (χ1v) is 5.91. The number of rotatable bonds is 5. The molecule has 0 aliphatic rings. The van der Waals surface area contributed by atoms with Crippen molar-refractivity contribution in [2.24, 2.45) is 0 Å². The Morgan fingerprint density at radius 3 is 2.68 bits per heavy atom. The summed E-state index contributed by atoms with van der Waals surface area (Å²) in [7, 11) is 0. The molecule has 6 heteroatoms. The second-order valence-electron chi connectivity index (χ2n) is 4.11. The van der Waals surface area contributed by atoms with Gasteiger partial charge in [-0.3, -0.25) is 14.2 Å². The fourth-order valence-electron chi connectivity index (χ4n) is 1.90. The molecule has 19 heavy (non-hydrogen) atoms. The molecule has 1 aromatic carbocycles. The largest absolute Gasteiger partial charge is 0.481 e. The average molecular weight is 263 g/mol. The lowest BCUT2D eigenvalue weighted by Crippen LogP contribution is -2.11. The molecule has 100 valence electrons. The van der Waals surface area contributed by atoms with Gasteiger partial charge in [0.2, 0.25) is 0 Å². The molecule has 0 atom stereocenters. The third kappa shape index (κ3) is 2.57. The minimum absolute atomic E-state index is 0.0699. The summed E-state index contributed by atoms with van der Waals surface area (Å²) in [5, 5.41) is 8.54. The monoisotopic (exact) mass is 263 g/mol. The molecule has 6 nitrogen and oxygen atoms in total. The predicted molar refractivity (Wildman–Crippen MR) is 67.3 cm³/mol. The maximum absolute atomic E-state index is 11.8. The normalized spacial score (nSPS) is 10.8. The van der Waals surface area contributed by atoms with Gasteiger partial charge >= 0.3 is 11.7 Å². The first-order valence-electron chi connectivity index (χ1n) is 5.91. The standard InChI is InChI=1S/C13H13NO5/c1-2-14-9-4-3-8(7-11(9)19-13(14)18)10(15)5-6-12(16)17/h3-4,7H,2,5-6H2,1H3,(H,16,17). The molecule has 0 saturated heterocycles. The topological polar surface area (TPSA) is 89.5 Å². The molecule has 0 spiro atoms. The number of aryl methyl sites for hydroxylation is 1. The molecule has 0 aliphatic carbocycles. The molecule has 0 saturated carbocycles. The second kappa shape index (κ2) is 5.09. The van der Waals surface area contributed by atoms with Gasteiger partial charge in [0.05, 0.1) is 11.9 Å². The summed E-state index contributed by atoms with van der Waals surface area (Å²) in [6.07, 6.45) is -0.281. The van der Waals surface area contributed by atoms with Crippen LogP contribution in [0.25, 0.3) is 11.1 Å².